The second kappa shape index (κ2) is 5.28. The SMILES string of the molecule is C#CCOc1cc(F)ccc1N.Cl. The van der Waals surface area contributed by atoms with Gasteiger partial charge in [-0.3, -0.25) is 0 Å². The third-order valence-electron chi connectivity index (χ3n) is 1.29. The number of hydrogen-bond donors (Lipinski definition) is 1. The van der Waals surface area contributed by atoms with Crippen LogP contribution < -0.4 is 10.5 Å². The van der Waals surface area contributed by atoms with E-state index in [1.165, 1.54) is 18.2 Å². The van der Waals surface area contributed by atoms with Crippen molar-refractivity contribution in [2.24, 2.45) is 0 Å². The molecule has 1 rings (SSSR count). The number of nitrogen functional groups attached to an aromatic ring is 1. The first-order valence-corrected chi connectivity index (χ1v) is 3.35. The van der Waals surface area contributed by atoms with Crippen LogP contribution >= 0.6 is 12.4 Å². The molecule has 2 N–H and O–H groups in total. The summed E-state index contributed by atoms with van der Waals surface area (Å²) in [5.74, 6) is 2.16. The van der Waals surface area contributed by atoms with Gasteiger partial charge in [-0.1, -0.05) is 5.92 Å². The lowest BCUT2D eigenvalue weighted by molar-refractivity contribution is 0.370. The Labute approximate surface area is 82.3 Å². The van der Waals surface area contributed by atoms with Crippen LogP contribution in [0, 0.1) is 18.2 Å². The minimum absolute atomic E-state index is 0. The number of hydrogen-bond acceptors (Lipinski definition) is 2. The van der Waals surface area contributed by atoms with E-state index in [1.54, 1.807) is 0 Å². The van der Waals surface area contributed by atoms with Crippen molar-refractivity contribution in [1.82, 2.24) is 0 Å². The lowest BCUT2D eigenvalue weighted by Crippen LogP contribution is -1.98. The fourth-order valence-electron chi connectivity index (χ4n) is 0.753. The van der Waals surface area contributed by atoms with Crippen LogP contribution in [0.1, 0.15) is 0 Å². The van der Waals surface area contributed by atoms with Crippen molar-refractivity contribution in [3.05, 3.63) is 24.0 Å². The van der Waals surface area contributed by atoms with Gasteiger partial charge in [0.15, 0.2) is 0 Å². The maximum absolute atomic E-state index is 12.6. The second-order valence-electron chi connectivity index (χ2n) is 2.17. The van der Waals surface area contributed by atoms with Crippen LogP contribution in [0.15, 0.2) is 18.2 Å². The molecule has 4 heteroatoms. The van der Waals surface area contributed by atoms with E-state index in [-0.39, 0.29) is 24.8 Å². The summed E-state index contributed by atoms with van der Waals surface area (Å²) in [7, 11) is 0. The number of rotatable bonds is 2. The Morgan fingerprint density at radius 1 is 1.54 bits per heavy atom. The van der Waals surface area contributed by atoms with E-state index in [0.29, 0.717) is 5.69 Å². The maximum Gasteiger partial charge on any atom is 0.148 e. The standard InChI is InChI=1S/C9H8FNO.ClH/c1-2-5-12-9-6-7(10)3-4-8(9)11;/h1,3-4,6H,5,11H2;1H. The molecule has 70 valence electrons. The van der Waals surface area contributed by atoms with Gasteiger partial charge in [0.25, 0.3) is 0 Å². The highest BCUT2D eigenvalue weighted by Crippen LogP contribution is 2.21. The molecule has 0 saturated heterocycles. The molecule has 0 aliphatic heterocycles. The number of ether oxygens (including phenoxy) is 1. The highest BCUT2D eigenvalue weighted by molar-refractivity contribution is 5.85. The van der Waals surface area contributed by atoms with E-state index in [0.717, 1.165) is 0 Å². The zero-order valence-corrected chi connectivity index (χ0v) is 7.60. The van der Waals surface area contributed by atoms with E-state index in [1.807, 2.05) is 0 Å². The largest absolute Gasteiger partial charge is 0.479 e. The predicted molar refractivity (Wildman–Crippen MR) is 52.4 cm³/mol. The van der Waals surface area contributed by atoms with E-state index in [9.17, 15) is 4.39 Å². The van der Waals surface area contributed by atoms with Gasteiger partial charge in [0.05, 0.1) is 5.69 Å². The van der Waals surface area contributed by atoms with Gasteiger partial charge in [0.2, 0.25) is 0 Å². The quantitative estimate of drug-likeness (QED) is 0.586. The number of nitrogens with two attached hydrogens (primary N) is 1. The zero-order chi connectivity index (χ0) is 8.97. The smallest absolute Gasteiger partial charge is 0.148 e. The topological polar surface area (TPSA) is 35.2 Å². The number of halogens is 2. The fraction of sp³-hybridized carbons (Fsp3) is 0.111. The third-order valence-corrected chi connectivity index (χ3v) is 1.29. The molecular formula is C9H9ClFNO. The molecule has 0 spiro atoms. The molecule has 0 heterocycles. The third kappa shape index (κ3) is 3.22. The van der Waals surface area contributed by atoms with Crippen LogP contribution in [0.2, 0.25) is 0 Å². The molecule has 0 fully saturated rings. The van der Waals surface area contributed by atoms with Crippen LogP contribution in [-0.4, -0.2) is 6.61 Å². The minimum Gasteiger partial charge on any atom is -0.479 e. The van der Waals surface area contributed by atoms with Crippen LogP contribution in [0.3, 0.4) is 0 Å². The van der Waals surface area contributed by atoms with Gasteiger partial charge in [-0.2, -0.15) is 0 Å². The molecule has 0 atom stereocenters. The first-order valence-electron chi connectivity index (χ1n) is 3.35. The van der Waals surface area contributed by atoms with Gasteiger partial charge in [0.1, 0.15) is 18.2 Å². The first-order chi connectivity index (χ1) is 5.74. The highest BCUT2D eigenvalue weighted by atomic mass is 35.5. The summed E-state index contributed by atoms with van der Waals surface area (Å²) in [6.45, 7) is 0.0909. The van der Waals surface area contributed by atoms with Gasteiger partial charge in [-0.05, 0) is 12.1 Å². The number of anilines is 1. The summed E-state index contributed by atoms with van der Waals surface area (Å²) in [5.41, 5.74) is 5.85. The van der Waals surface area contributed by atoms with E-state index in [4.69, 9.17) is 16.9 Å². The van der Waals surface area contributed by atoms with Crippen LogP contribution in [-0.2, 0) is 0 Å². The zero-order valence-electron chi connectivity index (χ0n) is 6.79. The fourth-order valence-corrected chi connectivity index (χ4v) is 0.753. The number of benzene rings is 1. The molecule has 2 nitrogen and oxygen atoms in total. The summed E-state index contributed by atoms with van der Waals surface area (Å²) in [6, 6.07) is 3.89. The molecule has 0 aliphatic carbocycles. The normalized spacial score (nSPS) is 8.31. The second-order valence-corrected chi connectivity index (χ2v) is 2.17. The Kier molecular flexibility index (Phi) is 4.71. The van der Waals surface area contributed by atoms with Crippen molar-refractivity contribution in [2.75, 3.05) is 12.3 Å². The van der Waals surface area contributed by atoms with Crippen LogP contribution in [0.5, 0.6) is 5.75 Å². The predicted octanol–water partition coefficient (Wildman–Crippen LogP) is 1.84. The monoisotopic (exact) mass is 201 g/mol. The molecule has 13 heavy (non-hydrogen) atoms. The molecule has 0 unspecified atom stereocenters. The van der Waals surface area contributed by atoms with Crippen molar-refractivity contribution in [3.63, 3.8) is 0 Å². The summed E-state index contributed by atoms with van der Waals surface area (Å²) in [4.78, 5) is 0. The summed E-state index contributed by atoms with van der Waals surface area (Å²) in [5, 5.41) is 0. The van der Waals surface area contributed by atoms with Gasteiger partial charge in [0, 0.05) is 6.07 Å². The van der Waals surface area contributed by atoms with Gasteiger partial charge in [-0.25, -0.2) is 4.39 Å². The van der Waals surface area contributed by atoms with Crippen molar-refractivity contribution < 1.29 is 9.13 Å². The summed E-state index contributed by atoms with van der Waals surface area (Å²) in [6.07, 6.45) is 4.95. The molecule has 0 radical (unpaired) electrons. The molecule has 0 bridgehead atoms. The summed E-state index contributed by atoms with van der Waals surface area (Å²) < 4.78 is 17.6. The van der Waals surface area contributed by atoms with Crippen molar-refractivity contribution in [1.29, 1.82) is 0 Å². The van der Waals surface area contributed by atoms with Gasteiger partial charge in [-0.15, -0.1) is 18.8 Å². The Hall–Kier alpha value is -1.40. The lowest BCUT2D eigenvalue weighted by atomic mass is 10.3. The molecule has 0 amide bonds. The Balaban J connectivity index is 0.00000144. The Bertz CT molecular complexity index is 322. The van der Waals surface area contributed by atoms with Gasteiger partial charge < -0.3 is 10.5 Å². The Morgan fingerprint density at radius 2 is 2.23 bits per heavy atom. The number of terminal acetylenes is 1. The Morgan fingerprint density at radius 3 is 2.85 bits per heavy atom. The molecule has 1 aromatic carbocycles. The van der Waals surface area contributed by atoms with Crippen LogP contribution in [0.25, 0.3) is 0 Å². The van der Waals surface area contributed by atoms with E-state index >= 15 is 0 Å². The van der Waals surface area contributed by atoms with E-state index in [2.05, 4.69) is 5.92 Å². The minimum atomic E-state index is -0.392. The summed E-state index contributed by atoms with van der Waals surface area (Å²) >= 11 is 0. The molecule has 0 aliphatic rings. The molecule has 0 saturated carbocycles. The first kappa shape index (κ1) is 11.6. The van der Waals surface area contributed by atoms with Crippen LogP contribution in [0.4, 0.5) is 10.1 Å². The average Bonchev–Trinajstić information content (AvgIpc) is 2.07. The van der Waals surface area contributed by atoms with E-state index < -0.39 is 5.82 Å². The average molecular weight is 202 g/mol. The van der Waals surface area contributed by atoms with Crippen molar-refractivity contribution >= 4 is 18.1 Å². The molecular weight excluding hydrogens is 193 g/mol. The maximum atomic E-state index is 12.6. The lowest BCUT2D eigenvalue weighted by Gasteiger charge is -2.04. The van der Waals surface area contributed by atoms with Crippen molar-refractivity contribution in [3.8, 4) is 18.1 Å². The molecule has 1 aromatic rings. The van der Waals surface area contributed by atoms with Crippen molar-refractivity contribution in [2.45, 2.75) is 0 Å². The highest BCUT2D eigenvalue weighted by Gasteiger charge is 2.00. The molecule has 0 aromatic heterocycles. The van der Waals surface area contributed by atoms with Gasteiger partial charge >= 0.3 is 0 Å².